The van der Waals surface area contributed by atoms with E-state index in [1.807, 2.05) is 18.3 Å². The Morgan fingerprint density at radius 2 is 2.00 bits per heavy atom. The SMILES string of the molecule is O=C(c1ccc(COCC(F)(F)F)cc1)N1CC=C(c2c[nH]c3ncccc23)CC1. The van der Waals surface area contributed by atoms with Crippen molar-refractivity contribution in [2.75, 3.05) is 19.7 Å². The van der Waals surface area contributed by atoms with Crippen LogP contribution in [0.3, 0.4) is 0 Å². The van der Waals surface area contributed by atoms with Gasteiger partial charge < -0.3 is 14.6 Å². The van der Waals surface area contributed by atoms with E-state index in [0.29, 0.717) is 24.2 Å². The second kappa shape index (κ2) is 8.31. The summed E-state index contributed by atoms with van der Waals surface area (Å²) in [5, 5.41) is 1.06. The molecule has 3 heterocycles. The molecule has 0 unspecified atom stereocenters. The number of amides is 1. The van der Waals surface area contributed by atoms with Crippen LogP contribution >= 0.6 is 0 Å². The second-order valence-corrected chi connectivity index (χ2v) is 7.14. The average Bonchev–Trinajstić information content (AvgIpc) is 3.17. The lowest BCUT2D eigenvalue weighted by Crippen LogP contribution is -2.34. The van der Waals surface area contributed by atoms with Gasteiger partial charge in [-0.1, -0.05) is 18.2 Å². The third-order valence-corrected chi connectivity index (χ3v) is 5.03. The lowest BCUT2D eigenvalue weighted by molar-refractivity contribution is -0.176. The third-order valence-electron chi connectivity index (χ3n) is 5.03. The van der Waals surface area contributed by atoms with Gasteiger partial charge in [0.2, 0.25) is 0 Å². The molecule has 0 saturated carbocycles. The maximum atomic E-state index is 12.8. The number of halogens is 3. The lowest BCUT2D eigenvalue weighted by atomic mass is 9.99. The summed E-state index contributed by atoms with van der Waals surface area (Å²) in [4.78, 5) is 22.0. The number of H-pyrrole nitrogens is 1. The predicted molar refractivity (Wildman–Crippen MR) is 107 cm³/mol. The minimum Gasteiger partial charge on any atom is -0.367 e. The number of aromatic amines is 1. The predicted octanol–water partition coefficient (Wildman–Crippen LogP) is 4.57. The van der Waals surface area contributed by atoms with Gasteiger partial charge in [0.05, 0.1) is 6.61 Å². The van der Waals surface area contributed by atoms with Crippen LogP contribution in [0.25, 0.3) is 16.6 Å². The maximum absolute atomic E-state index is 12.8. The fourth-order valence-corrected chi connectivity index (χ4v) is 3.53. The first-order valence-corrected chi connectivity index (χ1v) is 9.55. The molecule has 0 bridgehead atoms. The Kier molecular flexibility index (Phi) is 5.59. The quantitative estimate of drug-likeness (QED) is 0.664. The molecule has 0 aliphatic carbocycles. The summed E-state index contributed by atoms with van der Waals surface area (Å²) < 4.78 is 41.1. The molecule has 0 fully saturated rings. The van der Waals surface area contributed by atoms with Crippen LogP contribution in [0.1, 0.15) is 27.9 Å². The molecule has 1 N–H and O–H groups in total. The number of fused-ring (bicyclic) bond motifs is 1. The third kappa shape index (κ3) is 4.54. The Hall–Kier alpha value is -3.13. The molecule has 4 rings (SSSR count). The van der Waals surface area contributed by atoms with Crippen molar-refractivity contribution in [3.8, 4) is 0 Å². The van der Waals surface area contributed by atoms with Gasteiger partial charge in [0.1, 0.15) is 12.3 Å². The van der Waals surface area contributed by atoms with Gasteiger partial charge in [0.15, 0.2) is 0 Å². The molecule has 1 amide bonds. The number of nitrogens with one attached hydrogen (secondary N) is 1. The van der Waals surface area contributed by atoms with E-state index in [1.54, 1.807) is 35.4 Å². The highest BCUT2D eigenvalue weighted by Gasteiger charge is 2.27. The molecule has 2 aromatic heterocycles. The van der Waals surface area contributed by atoms with Crippen molar-refractivity contribution >= 4 is 22.5 Å². The van der Waals surface area contributed by atoms with Gasteiger partial charge >= 0.3 is 6.18 Å². The van der Waals surface area contributed by atoms with Crippen LogP contribution in [0.5, 0.6) is 0 Å². The van der Waals surface area contributed by atoms with E-state index >= 15 is 0 Å². The van der Waals surface area contributed by atoms with Gasteiger partial charge in [-0.15, -0.1) is 0 Å². The number of hydrogen-bond acceptors (Lipinski definition) is 3. The van der Waals surface area contributed by atoms with Crippen LogP contribution in [-0.2, 0) is 11.3 Å². The molecule has 1 aromatic carbocycles. The highest BCUT2D eigenvalue weighted by molar-refractivity contribution is 5.95. The van der Waals surface area contributed by atoms with Crippen LogP contribution < -0.4 is 0 Å². The standard InChI is InChI=1S/C22H20F3N3O2/c23-22(24,25)14-30-13-15-3-5-17(6-4-15)21(29)28-10-7-16(8-11-28)19-12-27-20-18(19)2-1-9-26-20/h1-7,9,12H,8,10-11,13-14H2,(H,26,27). The van der Waals surface area contributed by atoms with E-state index in [2.05, 4.69) is 20.8 Å². The van der Waals surface area contributed by atoms with Gasteiger partial charge in [-0.05, 0) is 41.8 Å². The smallest absolute Gasteiger partial charge is 0.367 e. The summed E-state index contributed by atoms with van der Waals surface area (Å²) in [5.74, 6) is -0.103. The monoisotopic (exact) mass is 415 g/mol. The fourth-order valence-electron chi connectivity index (χ4n) is 3.53. The molecule has 1 aliphatic heterocycles. The Balaban J connectivity index is 1.38. The molecule has 0 saturated heterocycles. The topological polar surface area (TPSA) is 58.2 Å². The van der Waals surface area contributed by atoms with Crippen molar-refractivity contribution in [3.63, 3.8) is 0 Å². The zero-order valence-electron chi connectivity index (χ0n) is 16.1. The van der Waals surface area contributed by atoms with Crippen LogP contribution in [0.2, 0.25) is 0 Å². The average molecular weight is 415 g/mol. The van der Waals surface area contributed by atoms with Gasteiger partial charge in [0.25, 0.3) is 5.91 Å². The molecular weight excluding hydrogens is 395 g/mol. The van der Waals surface area contributed by atoms with Gasteiger partial charge in [-0.2, -0.15) is 13.2 Å². The van der Waals surface area contributed by atoms with E-state index in [1.165, 1.54) is 5.57 Å². The van der Waals surface area contributed by atoms with Gasteiger partial charge in [-0.25, -0.2) is 4.98 Å². The zero-order valence-corrected chi connectivity index (χ0v) is 16.1. The minimum atomic E-state index is -4.35. The first kappa shape index (κ1) is 20.2. The van der Waals surface area contributed by atoms with E-state index in [0.717, 1.165) is 23.0 Å². The number of pyridine rings is 1. The molecule has 156 valence electrons. The maximum Gasteiger partial charge on any atom is 0.411 e. The molecule has 1 aliphatic rings. The molecule has 8 heteroatoms. The number of hydrogen-bond donors (Lipinski definition) is 1. The summed E-state index contributed by atoms with van der Waals surface area (Å²) in [5.41, 5.74) is 4.21. The van der Waals surface area contributed by atoms with Crippen LogP contribution in [0, 0.1) is 0 Å². The Bertz CT molecular complexity index is 1070. The summed E-state index contributed by atoms with van der Waals surface area (Å²) in [6.45, 7) is -0.350. The van der Waals surface area contributed by atoms with Gasteiger partial charge in [0, 0.05) is 42.0 Å². The van der Waals surface area contributed by atoms with Crippen molar-refractivity contribution in [2.24, 2.45) is 0 Å². The molecule has 5 nitrogen and oxygen atoms in total. The molecule has 3 aromatic rings. The highest BCUT2D eigenvalue weighted by Crippen LogP contribution is 2.28. The Morgan fingerprint density at radius 1 is 1.20 bits per heavy atom. The van der Waals surface area contributed by atoms with Crippen molar-refractivity contribution < 1.29 is 22.7 Å². The normalized spacial score (nSPS) is 14.8. The number of ether oxygens (including phenoxy) is 1. The summed E-state index contributed by atoms with van der Waals surface area (Å²) in [6.07, 6.45) is 2.12. The van der Waals surface area contributed by atoms with Crippen molar-refractivity contribution in [1.29, 1.82) is 0 Å². The van der Waals surface area contributed by atoms with E-state index in [9.17, 15) is 18.0 Å². The van der Waals surface area contributed by atoms with Crippen molar-refractivity contribution in [1.82, 2.24) is 14.9 Å². The van der Waals surface area contributed by atoms with Crippen LogP contribution in [-0.4, -0.2) is 46.6 Å². The molecular formula is C22H20F3N3O2. The molecule has 30 heavy (non-hydrogen) atoms. The number of rotatable bonds is 5. The minimum absolute atomic E-state index is 0.103. The summed E-state index contributed by atoms with van der Waals surface area (Å²) in [7, 11) is 0. The second-order valence-electron chi connectivity index (χ2n) is 7.14. The van der Waals surface area contributed by atoms with Crippen LogP contribution in [0.4, 0.5) is 13.2 Å². The zero-order chi connectivity index (χ0) is 21.1. The van der Waals surface area contributed by atoms with Gasteiger partial charge in [-0.3, -0.25) is 4.79 Å². The molecule has 0 radical (unpaired) electrons. The number of nitrogens with zero attached hydrogens (tertiary/aromatic N) is 2. The number of benzene rings is 1. The largest absolute Gasteiger partial charge is 0.411 e. The number of carbonyl (C=O) groups excluding carboxylic acids is 1. The van der Waals surface area contributed by atoms with Crippen molar-refractivity contribution in [2.45, 2.75) is 19.2 Å². The Labute approximate surface area is 171 Å². The summed E-state index contributed by atoms with van der Waals surface area (Å²) >= 11 is 0. The Morgan fingerprint density at radius 3 is 2.70 bits per heavy atom. The van der Waals surface area contributed by atoms with E-state index in [4.69, 9.17) is 0 Å². The van der Waals surface area contributed by atoms with Crippen LogP contribution in [0.15, 0.2) is 54.9 Å². The van der Waals surface area contributed by atoms with E-state index in [-0.39, 0.29) is 12.5 Å². The first-order chi connectivity index (χ1) is 14.4. The van der Waals surface area contributed by atoms with Crippen molar-refractivity contribution in [3.05, 3.63) is 71.6 Å². The highest BCUT2D eigenvalue weighted by atomic mass is 19.4. The first-order valence-electron chi connectivity index (χ1n) is 9.55. The summed E-state index contributed by atoms with van der Waals surface area (Å²) in [6, 6.07) is 10.4. The molecule has 0 spiro atoms. The fraction of sp³-hybridized carbons (Fsp3) is 0.273. The number of aromatic nitrogens is 2. The number of carbonyl (C=O) groups is 1. The molecule has 0 atom stereocenters. The van der Waals surface area contributed by atoms with E-state index < -0.39 is 12.8 Å². The number of alkyl halides is 3. The lowest BCUT2D eigenvalue weighted by Gasteiger charge is -2.26.